The van der Waals surface area contributed by atoms with Crippen molar-refractivity contribution in [3.8, 4) is 5.75 Å². The Morgan fingerprint density at radius 1 is 1.13 bits per heavy atom. The largest absolute Gasteiger partial charge is 0.497 e. The fourth-order valence-corrected chi connectivity index (χ4v) is 5.83. The smallest absolute Gasteiger partial charge is 0.286 e. The summed E-state index contributed by atoms with van der Waals surface area (Å²) in [5, 5.41) is 12.4. The Morgan fingerprint density at radius 2 is 1.84 bits per heavy atom. The van der Waals surface area contributed by atoms with Crippen LogP contribution in [0.4, 0.5) is 0 Å². The molecule has 0 radical (unpaired) electrons. The molecule has 2 atom stereocenters. The molecule has 206 valence electrons. The Morgan fingerprint density at radius 3 is 2.47 bits per heavy atom. The summed E-state index contributed by atoms with van der Waals surface area (Å²) >= 11 is 3.45. The molecule has 2 aromatic rings. The zero-order chi connectivity index (χ0) is 27.1. The average molecular weight is 610 g/mol. The van der Waals surface area contributed by atoms with Crippen LogP contribution < -0.4 is 10.1 Å². The zero-order valence-electron chi connectivity index (χ0n) is 21.2. The van der Waals surface area contributed by atoms with Crippen molar-refractivity contribution >= 4 is 31.9 Å². The van der Waals surface area contributed by atoms with Crippen molar-refractivity contribution in [3.05, 3.63) is 70.4 Å². The molecule has 1 heterocycles. The van der Waals surface area contributed by atoms with Crippen molar-refractivity contribution < 1.29 is 32.5 Å². The minimum Gasteiger partial charge on any atom is -0.497 e. The molecule has 1 saturated carbocycles. The first-order valence-electron chi connectivity index (χ1n) is 12.6. The molecular formula is C27H33BrN2O7S. The van der Waals surface area contributed by atoms with Gasteiger partial charge in [-0.1, -0.05) is 28.1 Å². The molecular weight excluding hydrogens is 576 g/mol. The number of halogens is 1. The van der Waals surface area contributed by atoms with Crippen LogP contribution in [0.5, 0.6) is 5.75 Å². The van der Waals surface area contributed by atoms with Gasteiger partial charge in [0.15, 0.2) is 5.76 Å². The Balaban J connectivity index is 1.42. The number of allylic oxidation sites excluding steroid dienone is 1. The van der Waals surface area contributed by atoms with E-state index in [1.54, 1.807) is 12.1 Å². The number of ether oxygens (including phenoxy) is 3. The van der Waals surface area contributed by atoms with E-state index >= 15 is 0 Å². The second kappa shape index (κ2) is 13.1. The van der Waals surface area contributed by atoms with Gasteiger partial charge in [0.1, 0.15) is 5.75 Å². The van der Waals surface area contributed by atoms with Gasteiger partial charge in [-0.3, -0.25) is 4.79 Å². The van der Waals surface area contributed by atoms with Crippen molar-refractivity contribution in [1.29, 1.82) is 0 Å². The summed E-state index contributed by atoms with van der Waals surface area (Å²) in [7, 11) is -2.36. The maximum Gasteiger partial charge on any atom is 0.286 e. The molecule has 9 nitrogen and oxygen atoms in total. The number of sulfonamides is 1. The van der Waals surface area contributed by atoms with E-state index in [1.807, 2.05) is 30.3 Å². The summed E-state index contributed by atoms with van der Waals surface area (Å²) < 4.78 is 45.4. The Labute approximate surface area is 231 Å². The standard InChI is InChI=1S/C27H33BrN2O7S/c1-35-23-8-10-24(11-9-23)38(33,34)30(12-14-31)13-15-36-26-17-21(20-4-6-22(28)7-5-20)16-25(37-26)27(32)29-18-19-2-3-19/h4-11,16,19,21,26,31H,2-3,12-15,17-18H2,1H3,(H,29,32)/t21-,26+/m1/s1. The molecule has 1 aliphatic heterocycles. The number of methoxy groups -OCH3 is 1. The van der Waals surface area contributed by atoms with Crippen LogP contribution in [-0.2, 0) is 24.3 Å². The van der Waals surface area contributed by atoms with Gasteiger partial charge in [-0.2, -0.15) is 4.31 Å². The van der Waals surface area contributed by atoms with Gasteiger partial charge in [0.2, 0.25) is 16.3 Å². The normalized spacial score (nSPS) is 19.5. The molecule has 1 fully saturated rings. The van der Waals surface area contributed by atoms with Crippen molar-refractivity contribution in [1.82, 2.24) is 9.62 Å². The number of carbonyl (C=O) groups excluding carboxylic acids is 1. The number of hydrogen-bond donors (Lipinski definition) is 2. The lowest BCUT2D eigenvalue weighted by molar-refractivity contribution is -0.146. The number of hydrogen-bond acceptors (Lipinski definition) is 7. The van der Waals surface area contributed by atoms with E-state index in [2.05, 4.69) is 21.2 Å². The molecule has 0 bridgehead atoms. The molecule has 0 spiro atoms. The summed E-state index contributed by atoms with van der Waals surface area (Å²) in [5.41, 5.74) is 1.02. The van der Waals surface area contributed by atoms with E-state index in [-0.39, 0.29) is 48.8 Å². The molecule has 2 aromatic carbocycles. The first-order valence-corrected chi connectivity index (χ1v) is 14.8. The number of aliphatic hydroxyl groups excluding tert-OH is 1. The molecule has 2 aliphatic rings. The van der Waals surface area contributed by atoms with Gasteiger partial charge in [-0.15, -0.1) is 0 Å². The third-order valence-electron chi connectivity index (χ3n) is 6.52. The fourth-order valence-electron chi connectivity index (χ4n) is 4.15. The third-order valence-corrected chi connectivity index (χ3v) is 8.96. The van der Waals surface area contributed by atoms with Gasteiger partial charge in [0.25, 0.3) is 5.91 Å². The predicted molar refractivity (Wildman–Crippen MR) is 145 cm³/mol. The van der Waals surface area contributed by atoms with Gasteiger partial charge in [-0.25, -0.2) is 8.42 Å². The summed E-state index contributed by atoms with van der Waals surface area (Å²) in [6, 6.07) is 13.9. The van der Waals surface area contributed by atoms with Gasteiger partial charge in [0, 0.05) is 36.4 Å². The molecule has 4 rings (SSSR count). The minimum atomic E-state index is -3.87. The Hall–Kier alpha value is -2.44. The SMILES string of the molecule is COc1ccc(S(=O)(=O)N(CCO)CCO[C@@H]2C[C@H](c3ccc(Br)cc3)C=C(C(=O)NCC3CC3)O2)cc1. The molecule has 0 saturated heterocycles. The lowest BCUT2D eigenvalue weighted by Gasteiger charge is -2.30. The second-order valence-corrected chi connectivity index (χ2v) is 12.2. The van der Waals surface area contributed by atoms with Crippen LogP contribution in [0.15, 0.2) is 69.7 Å². The molecule has 11 heteroatoms. The van der Waals surface area contributed by atoms with Gasteiger partial charge in [0.05, 0.1) is 25.2 Å². The van der Waals surface area contributed by atoms with Crippen LogP contribution in [-0.4, -0.2) is 70.0 Å². The maximum absolute atomic E-state index is 13.2. The van der Waals surface area contributed by atoms with Crippen molar-refractivity contribution in [3.63, 3.8) is 0 Å². The van der Waals surface area contributed by atoms with E-state index < -0.39 is 16.3 Å². The number of rotatable bonds is 13. The van der Waals surface area contributed by atoms with E-state index in [9.17, 15) is 18.3 Å². The molecule has 0 aromatic heterocycles. The minimum absolute atomic E-state index is 0.00462. The number of amides is 1. The maximum atomic E-state index is 13.2. The monoisotopic (exact) mass is 608 g/mol. The van der Waals surface area contributed by atoms with E-state index in [4.69, 9.17) is 14.2 Å². The fraction of sp³-hybridized carbons (Fsp3) is 0.444. The molecule has 2 N–H and O–H groups in total. The van der Waals surface area contributed by atoms with E-state index in [0.29, 0.717) is 24.6 Å². The Bertz CT molecular complexity index is 1210. The van der Waals surface area contributed by atoms with Crippen LogP contribution in [0, 0.1) is 5.92 Å². The highest BCUT2D eigenvalue weighted by Gasteiger charge is 2.31. The van der Waals surface area contributed by atoms with E-state index in [0.717, 1.165) is 22.9 Å². The lowest BCUT2D eigenvalue weighted by atomic mass is 9.93. The summed E-state index contributed by atoms with van der Waals surface area (Å²) in [6.07, 6.45) is 3.79. The third kappa shape index (κ3) is 7.57. The first kappa shape index (κ1) is 28.6. The summed E-state index contributed by atoms with van der Waals surface area (Å²) in [6.45, 7) is 0.219. The van der Waals surface area contributed by atoms with Crippen LogP contribution in [0.2, 0.25) is 0 Å². The molecule has 1 amide bonds. The average Bonchev–Trinajstić information content (AvgIpc) is 3.76. The quantitative estimate of drug-likeness (QED) is 0.358. The van der Waals surface area contributed by atoms with Crippen molar-refractivity contribution in [2.45, 2.75) is 36.4 Å². The zero-order valence-corrected chi connectivity index (χ0v) is 23.6. The number of benzene rings is 2. The predicted octanol–water partition coefficient (Wildman–Crippen LogP) is 3.40. The number of nitrogens with one attached hydrogen (secondary N) is 1. The first-order chi connectivity index (χ1) is 18.3. The molecule has 38 heavy (non-hydrogen) atoms. The van der Waals surface area contributed by atoms with Crippen molar-refractivity contribution in [2.75, 3.05) is 40.0 Å². The summed E-state index contributed by atoms with van der Waals surface area (Å²) in [5.74, 6) is 0.882. The van der Waals surface area contributed by atoms with Gasteiger partial charge >= 0.3 is 0 Å². The van der Waals surface area contributed by atoms with Gasteiger partial charge < -0.3 is 24.6 Å². The van der Waals surface area contributed by atoms with Crippen LogP contribution >= 0.6 is 15.9 Å². The highest BCUT2D eigenvalue weighted by Crippen LogP contribution is 2.33. The Kier molecular flexibility index (Phi) is 9.83. The second-order valence-electron chi connectivity index (χ2n) is 9.30. The van der Waals surface area contributed by atoms with Crippen molar-refractivity contribution in [2.24, 2.45) is 5.92 Å². The van der Waals surface area contributed by atoms with Gasteiger partial charge in [-0.05, 0) is 66.8 Å². The van der Waals surface area contributed by atoms with E-state index in [1.165, 1.54) is 23.5 Å². The van der Waals surface area contributed by atoms with Crippen LogP contribution in [0.3, 0.4) is 0 Å². The number of aliphatic hydroxyl groups is 1. The summed E-state index contributed by atoms with van der Waals surface area (Å²) in [4.78, 5) is 12.9. The number of carbonyl (C=O) groups is 1. The molecule has 1 aliphatic carbocycles. The lowest BCUT2D eigenvalue weighted by Crippen LogP contribution is -2.38. The topological polar surface area (TPSA) is 114 Å². The van der Waals surface area contributed by atoms with Crippen LogP contribution in [0.25, 0.3) is 0 Å². The van der Waals surface area contributed by atoms with Crippen LogP contribution in [0.1, 0.15) is 30.7 Å². The highest BCUT2D eigenvalue weighted by atomic mass is 79.9. The molecule has 0 unspecified atom stereocenters. The highest BCUT2D eigenvalue weighted by molar-refractivity contribution is 9.10. The number of nitrogens with zero attached hydrogens (tertiary/aromatic N) is 1.